The fourth-order valence-electron chi connectivity index (χ4n) is 1.52. The van der Waals surface area contributed by atoms with Gasteiger partial charge in [-0.15, -0.1) is 0 Å². The van der Waals surface area contributed by atoms with E-state index in [1.165, 1.54) is 12.1 Å². The number of aliphatic carboxylic acids is 1. The van der Waals surface area contributed by atoms with E-state index in [0.717, 1.165) is 12.0 Å². The molecule has 18 heavy (non-hydrogen) atoms. The molecule has 0 heterocycles. The first-order chi connectivity index (χ1) is 8.31. The number of carboxylic acids is 1. The molecule has 0 unspecified atom stereocenters. The van der Waals surface area contributed by atoms with Crippen molar-refractivity contribution in [2.75, 3.05) is 6.54 Å². The fourth-order valence-corrected chi connectivity index (χ4v) is 2.49. The Bertz CT molecular complexity index is 505. The molecule has 0 bridgehead atoms. The van der Waals surface area contributed by atoms with E-state index in [1.54, 1.807) is 12.1 Å². The normalized spacial score (nSPS) is 11.7. The Kier molecular flexibility index (Phi) is 4.86. The second-order valence-corrected chi connectivity index (χ2v) is 6.23. The zero-order valence-electron chi connectivity index (χ0n) is 10.4. The van der Waals surface area contributed by atoms with Gasteiger partial charge in [-0.25, -0.2) is 8.42 Å². The van der Waals surface area contributed by atoms with E-state index in [-0.39, 0.29) is 4.90 Å². The number of hydrogen-bond acceptors (Lipinski definition) is 3. The van der Waals surface area contributed by atoms with E-state index in [2.05, 4.69) is 13.8 Å². The summed E-state index contributed by atoms with van der Waals surface area (Å²) in [5.41, 5.74) is 1.06. The lowest BCUT2D eigenvalue weighted by Gasteiger charge is -2.07. The number of carboxylic acid groups (broad SMARTS) is 1. The van der Waals surface area contributed by atoms with Crippen LogP contribution in [0.2, 0.25) is 0 Å². The summed E-state index contributed by atoms with van der Waals surface area (Å²) < 4.78 is 25.4. The highest BCUT2D eigenvalue weighted by molar-refractivity contribution is 7.89. The lowest BCUT2D eigenvalue weighted by atomic mass is 10.0. The van der Waals surface area contributed by atoms with Crippen LogP contribution in [0.5, 0.6) is 0 Å². The summed E-state index contributed by atoms with van der Waals surface area (Å²) in [4.78, 5) is 10.4. The second-order valence-electron chi connectivity index (χ2n) is 4.46. The molecule has 0 aliphatic heterocycles. The van der Waals surface area contributed by atoms with E-state index >= 15 is 0 Å². The number of hydrogen-bond donors (Lipinski definition) is 2. The van der Waals surface area contributed by atoms with Gasteiger partial charge in [0.1, 0.15) is 6.54 Å². The highest BCUT2D eigenvalue weighted by atomic mass is 32.2. The Morgan fingerprint density at radius 2 is 1.83 bits per heavy atom. The molecule has 0 saturated heterocycles. The lowest BCUT2D eigenvalue weighted by Crippen LogP contribution is -2.29. The van der Waals surface area contributed by atoms with Crippen LogP contribution in [0.1, 0.15) is 19.4 Å². The van der Waals surface area contributed by atoms with Gasteiger partial charge in [0.05, 0.1) is 4.90 Å². The van der Waals surface area contributed by atoms with E-state index in [0.29, 0.717) is 5.92 Å². The van der Waals surface area contributed by atoms with Crippen molar-refractivity contribution in [2.24, 2.45) is 5.92 Å². The zero-order valence-corrected chi connectivity index (χ0v) is 11.2. The van der Waals surface area contributed by atoms with Gasteiger partial charge in [0.15, 0.2) is 0 Å². The van der Waals surface area contributed by atoms with Crippen molar-refractivity contribution in [3.63, 3.8) is 0 Å². The summed E-state index contributed by atoms with van der Waals surface area (Å²) in [6, 6.07) is 6.47. The van der Waals surface area contributed by atoms with Crippen LogP contribution in [0.15, 0.2) is 29.2 Å². The Morgan fingerprint density at radius 3 is 2.28 bits per heavy atom. The van der Waals surface area contributed by atoms with Crippen LogP contribution in [0, 0.1) is 5.92 Å². The first-order valence-electron chi connectivity index (χ1n) is 5.61. The minimum atomic E-state index is -3.73. The minimum absolute atomic E-state index is 0.0799. The van der Waals surface area contributed by atoms with Crippen molar-refractivity contribution in [1.82, 2.24) is 4.72 Å². The molecule has 0 aliphatic rings. The molecule has 0 atom stereocenters. The number of benzene rings is 1. The van der Waals surface area contributed by atoms with Crippen molar-refractivity contribution in [2.45, 2.75) is 25.2 Å². The molecule has 1 aromatic rings. The SMILES string of the molecule is CC(C)Cc1ccc(S(=O)(=O)NCC(=O)O)cc1. The maximum absolute atomic E-state index is 11.7. The summed E-state index contributed by atoms with van der Waals surface area (Å²) in [7, 11) is -3.73. The molecule has 0 amide bonds. The van der Waals surface area contributed by atoms with Crippen molar-refractivity contribution >= 4 is 16.0 Å². The van der Waals surface area contributed by atoms with E-state index < -0.39 is 22.5 Å². The number of carbonyl (C=O) groups is 1. The molecular formula is C12H17NO4S. The highest BCUT2D eigenvalue weighted by Crippen LogP contribution is 2.13. The van der Waals surface area contributed by atoms with Gasteiger partial charge in [-0.05, 0) is 30.0 Å². The van der Waals surface area contributed by atoms with Gasteiger partial charge in [-0.3, -0.25) is 4.79 Å². The van der Waals surface area contributed by atoms with Crippen molar-refractivity contribution in [3.05, 3.63) is 29.8 Å². The molecule has 0 aromatic heterocycles. The molecule has 0 saturated carbocycles. The molecule has 0 spiro atoms. The topological polar surface area (TPSA) is 83.5 Å². The fraction of sp³-hybridized carbons (Fsp3) is 0.417. The lowest BCUT2D eigenvalue weighted by molar-refractivity contribution is -0.135. The Balaban J connectivity index is 2.81. The number of sulfonamides is 1. The molecular weight excluding hydrogens is 254 g/mol. The largest absolute Gasteiger partial charge is 0.480 e. The third-order valence-corrected chi connectivity index (χ3v) is 3.71. The van der Waals surface area contributed by atoms with Gasteiger partial charge in [-0.2, -0.15) is 4.72 Å². The van der Waals surface area contributed by atoms with Gasteiger partial charge in [0, 0.05) is 0 Å². The van der Waals surface area contributed by atoms with Crippen LogP contribution in [-0.2, 0) is 21.2 Å². The average molecular weight is 271 g/mol. The number of nitrogens with one attached hydrogen (secondary N) is 1. The zero-order chi connectivity index (χ0) is 13.8. The van der Waals surface area contributed by atoms with Crippen molar-refractivity contribution in [1.29, 1.82) is 0 Å². The van der Waals surface area contributed by atoms with Crippen LogP contribution in [0.25, 0.3) is 0 Å². The molecule has 0 aliphatic carbocycles. The van der Waals surface area contributed by atoms with Gasteiger partial charge in [0.2, 0.25) is 10.0 Å². The van der Waals surface area contributed by atoms with Crippen LogP contribution in [0.3, 0.4) is 0 Å². The predicted molar refractivity (Wildman–Crippen MR) is 67.8 cm³/mol. The third kappa shape index (κ3) is 4.46. The molecule has 100 valence electrons. The monoisotopic (exact) mass is 271 g/mol. The highest BCUT2D eigenvalue weighted by Gasteiger charge is 2.14. The first-order valence-corrected chi connectivity index (χ1v) is 7.10. The summed E-state index contributed by atoms with van der Waals surface area (Å²) >= 11 is 0. The summed E-state index contributed by atoms with van der Waals surface area (Å²) in [6.45, 7) is 3.55. The second kappa shape index (κ2) is 5.97. The van der Waals surface area contributed by atoms with E-state index in [9.17, 15) is 13.2 Å². The summed E-state index contributed by atoms with van der Waals surface area (Å²) in [6.07, 6.45) is 0.878. The maximum atomic E-state index is 11.7. The van der Waals surface area contributed by atoms with Crippen LogP contribution >= 0.6 is 0 Å². The van der Waals surface area contributed by atoms with Gasteiger partial charge in [0.25, 0.3) is 0 Å². The molecule has 6 heteroatoms. The van der Waals surface area contributed by atoms with Crippen molar-refractivity contribution < 1.29 is 18.3 Å². The molecule has 0 radical (unpaired) electrons. The van der Waals surface area contributed by atoms with Crippen LogP contribution < -0.4 is 4.72 Å². The van der Waals surface area contributed by atoms with Crippen LogP contribution in [0.4, 0.5) is 0 Å². The molecule has 0 fully saturated rings. The van der Waals surface area contributed by atoms with E-state index in [1.807, 2.05) is 4.72 Å². The van der Waals surface area contributed by atoms with Crippen LogP contribution in [-0.4, -0.2) is 26.0 Å². The Morgan fingerprint density at radius 1 is 1.28 bits per heavy atom. The molecule has 1 rings (SSSR count). The van der Waals surface area contributed by atoms with E-state index in [4.69, 9.17) is 5.11 Å². The van der Waals surface area contributed by atoms with Gasteiger partial charge >= 0.3 is 5.97 Å². The summed E-state index contributed by atoms with van der Waals surface area (Å²) in [5.74, 6) is -0.715. The van der Waals surface area contributed by atoms with Gasteiger partial charge in [-0.1, -0.05) is 26.0 Å². The quantitative estimate of drug-likeness (QED) is 0.815. The predicted octanol–water partition coefficient (Wildman–Crippen LogP) is 1.25. The van der Waals surface area contributed by atoms with Crippen molar-refractivity contribution in [3.8, 4) is 0 Å². The smallest absolute Gasteiger partial charge is 0.318 e. The minimum Gasteiger partial charge on any atom is -0.480 e. The Labute approximate surface area is 107 Å². The Hall–Kier alpha value is -1.40. The number of rotatable bonds is 6. The third-order valence-electron chi connectivity index (χ3n) is 2.29. The molecule has 2 N–H and O–H groups in total. The standard InChI is InChI=1S/C12H17NO4S/c1-9(2)7-10-3-5-11(6-4-10)18(16,17)13-8-12(14)15/h3-6,9,13H,7-8H2,1-2H3,(H,14,15). The van der Waals surface area contributed by atoms with Gasteiger partial charge < -0.3 is 5.11 Å². The molecule has 5 nitrogen and oxygen atoms in total. The molecule has 1 aromatic carbocycles. The average Bonchev–Trinajstić information content (AvgIpc) is 2.26. The summed E-state index contributed by atoms with van der Waals surface area (Å²) in [5, 5.41) is 8.44. The first kappa shape index (κ1) is 14.7. The maximum Gasteiger partial charge on any atom is 0.318 e.